The van der Waals surface area contributed by atoms with E-state index in [9.17, 15) is 19.5 Å². The minimum Gasteiger partial charge on any atom is -0.476 e. The molecule has 2 atom stereocenters. The molecule has 0 radical (unpaired) electrons. The average molecular weight is 498 g/mol. The maximum Gasteiger partial charge on any atom is 0.358 e. The van der Waals surface area contributed by atoms with E-state index in [1.165, 1.54) is 11.8 Å². The lowest BCUT2D eigenvalue weighted by molar-refractivity contribution is -0.133. The summed E-state index contributed by atoms with van der Waals surface area (Å²) in [5, 5.41) is 10.5. The Hall–Kier alpha value is -3.66. The first kappa shape index (κ1) is 26.9. The summed E-state index contributed by atoms with van der Waals surface area (Å²) in [5.74, 6) is -1.61. The van der Waals surface area contributed by atoms with Gasteiger partial charge in [-0.1, -0.05) is 32.0 Å². The molecule has 2 heterocycles. The number of aromatic nitrogens is 2. The van der Waals surface area contributed by atoms with Crippen LogP contribution in [-0.4, -0.2) is 61.9 Å². The molecule has 36 heavy (non-hydrogen) atoms. The van der Waals surface area contributed by atoms with Gasteiger partial charge in [-0.15, -0.1) is 0 Å². The molecule has 10 heteroatoms. The van der Waals surface area contributed by atoms with Crippen molar-refractivity contribution in [3.63, 3.8) is 0 Å². The molecule has 0 bridgehead atoms. The van der Waals surface area contributed by atoms with Crippen LogP contribution in [0.5, 0.6) is 0 Å². The Balaban J connectivity index is 2.18. The van der Waals surface area contributed by atoms with Crippen molar-refractivity contribution >= 4 is 28.8 Å². The van der Waals surface area contributed by atoms with Crippen molar-refractivity contribution in [3.8, 4) is 0 Å². The minimum atomic E-state index is -1.25. The number of nitrogens with two attached hydrogens (primary N) is 1. The summed E-state index contributed by atoms with van der Waals surface area (Å²) in [6.07, 6.45) is 2.35. The van der Waals surface area contributed by atoms with E-state index in [2.05, 4.69) is 9.97 Å². The lowest BCUT2D eigenvalue weighted by atomic mass is 10.00. The van der Waals surface area contributed by atoms with Gasteiger partial charge in [0.05, 0.1) is 6.04 Å². The molecule has 3 aromatic rings. The van der Waals surface area contributed by atoms with Gasteiger partial charge in [-0.25, -0.2) is 19.5 Å². The number of aromatic carboxylic acids is 1. The number of rotatable bonds is 10. The molecule has 194 valence electrons. The van der Waals surface area contributed by atoms with Crippen LogP contribution in [0.4, 0.5) is 4.79 Å². The lowest BCUT2D eigenvalue weighted by Gasteiger charge is -2.34. The Kier molecular flexibility index (Phi) is 8.52. The monoisotopic (exact) mass is 497 g/mol. The summed E-state index contributed by atoms with van der Waals surface area (Å²) in [4.78, 5) is 49.3. The highest BCUT2D eigenvalue weighted by Crippen LogP contribution is 2.31. The predicted molar refractivity (Wildman–Crippen MR) is 136 cm³/mol. The largest absolute Gasteiger partial charge is 0.476 e. The van der Waals surface area contributed by atoms with Crippen molar-refractivity contribution in [1.82, 2.24) is 19.8 Å². The fourth-order valence-electron chi connectivity index (χ4n) is 4.37. The van der Waals surface area contributed by atoms with Crippen LogP contribution >= 0.6 is 0 Å². The van der Waals surface area contributed by atoms with E-state index in [0.717, 1.165) is 21.4 Å². The third-order valence-corrected chi connectivity index (χ3v) is 6.22. The van der Waals surface area contributed by atoms with Gasteiger partial charge < -0.3 is 25.1 Å². The van der Waals surface area contributed by atoms with E-state index in [4.69, 9.17) is 10.2 Å². The number of para-hydroxylation sites is 1. The Morgan fingerprint density at radius 3 is 2.42 bits per heavy atom. The van der Waals surface area contributed by atoms with Crippen molar-refractivity contribution in [2.75, 3.05) is 13.1 Å². The third kappa shape index (κ3) is 5.59. The molecule has 0 aliphatic rings. The molecule has 4 N–H and O–H groups in total. The number of carbonyl (C=O) groups excluding carboxylic acids is 2. The van der Waals surface area contributed by atoms with E-state index in [1.54, 1.807) is 0 Å². The Morgan fingerprint density at radius 1 is 1.17 bits per heavy atom. The molecular weight excluding hydrogens is 462 g/mol. The molecule has 0 aliphatic heterocycles. The molecule has 0 fully saturated rings. The molecule has 0 saturated carbocycles. The zero-order valence-corrected chi connectivity index (χ0v) is 21.4. The van der Waals surface area contributed by atoms with Crippen LogP contribution in [0, 0.1) is 12.8 Å². The number of imide groups is 1. The third-order valence-electron chi connectivity index (χ3n) is 6.22. The molecule has 3 amide bonds. The molecule has 3 rings (SSSR count). The number of benzene rings is 1. The highest BCUT2D eigenvalue weighted by atomic mass is 16.4. The first-order valence-electron chi connectivity index (χ1n) is 12.2. The van der Waals surface area contributed by atoms with Crippen LogP contribution in [0.15, 0.2) is 34.9 Å². The number of fused-ring (bicyclic) bond motifs is 1. The maximum absolute atomic E-state index is 13.8. The van der Waals surface area contributed by atoms with Gasteiger partial charge in [0.1, 0.15) is 11.8 Å². The number of H-pyrrole nitrogens is 1. The van der Waals surface area contributed by atoms with Gasteiger partial charge in [0.25, 0.3) is 0 Å². The molecule has 0 aliphatic carbocycles. The van der Waals surface area contributed by atoms with Crippen LogP contribution < -0.4 is 5.73 Å². The molecule has 0 saturated heterocycles. The number of amides is 3. The minimum absolute atomic E-state index is 0.0271. The molecule has 0 unspecified atom stereocenters. The second-order valence-electron chi connectivity index (χ2n) is 9.24. The normalized spacial score (nSPS) is 13.1. The molecule has 2 aromatic heterocycles. The number of urea groups is 1. The fourth-order valence-corrected chi connectivity index (χ4v) is 4.37. The second-order valence-corrected chi connectivity index (χ2v) is 9.24. The zero-order chi connectivity index (χ0) is 26.6. The van der Waals surface area contributed by atoms with Crippen LogP contribution in [0.1, 0.15) is 67.9 Å². The number of nitrogens with one attached hydrogen (secondary N) is 1. The van der Waals surface area contributed by atoms with Gasteiger partial charge in [-0.05, 0) is 44.7 Å². The molecule has 10 nitrogen and oxygen atoms in total. The van der Waals surface area contributed by atoms with E-state index < -0.39 is 30.0 Å². The summed E-state index contributed by atoms with van der Waals surface area (Å²) in [6, 6.07) is 5.20. The number of nitrogens with zero attached hydrogens (tertiary/aromatic N) is 3. The first-order chi connectivity index (χ1) is 17.1. The number of oxazole rings is 1. The van der Waals surface area contributed by atoms with Crippen LogP contribution in [0.25, 0.3) is 10.9 Å². The summed E-state index contributed by atoms with van der Waals surface area (Å²) < 4.78 is 5.78. The molecular formula is C26H35N5O5. The van der Waals surface area contributed by atoms with Crippen molar-refractivity contribution in [2.45, 2.75) is 59.5 Å². The maximum atomic E-state index is 13.8. The molecule has 0 spiro atoms. The Labute approximate surface area is 210 Å². The average Bonchev–Trinajstić information content (AvgIpc) is 3.42. The number of hydrogen-bond donors (Lipinski definition) is 3. The number of aromatic amines is 1. The number of carboxylic acid groups (broad SMARTS) is 1. The smallest absolute Gasteiger partial charge is 0.358 e. The Bertz CT molecular complexity index is 1230. The lowest BCUT2D eigenvalue weighted by Crippen LogP contribution is -2.53. The van der Waals surface area contributed by atoms with Gasteiger partial charge in [0, 0.05) is 36.6 Å². The van der Waals surface area contributed by atoms with Crippen LogP contribution in [0.2, 0.25) is 0 Å². The van der Waals surface area contributed by atoms with Gasteiger partial charge in [0.15, 0.2) is 5.69 Å². The SMILES string of the molecule is CCN(CC)C(=O)N(C(=O)[C@@H](N)CC(C)C)[C@H](Cc1c[nH]c2ccccc12)c1nc(C(=O)O)c(C)o1. The van der Waals surface area contributed by atoms with E-state index in [-0.39, 0.29) is 29.7 Å². The number of carbonyl (C=O) groups is 3. The fraction of sp³-hybridized carbons (Fsp3) is 0.462. The van der Waals surface area contributed by atoms with Gasteiger partial charge in [-0.3, -0.25) is 4.79 Å². The van der Waals surface area contributed by atoms with E-state index >= 15 is 0 Å². The van der Waals surface area contributed by atoms with Gasteiger partial charge >= 0.3 is 12.0 Å². The van der Waals surface area contributed by atoms with Crippen LogP contribution in [-0.2, 0) is 11.2 Å². The first-order valence-corrected chi connectivity index (χ1v) is 12.2. The predicted octanol–water partition coefficient (Wildman–Crippen LogP) is 4.11. The number of hydrogen-bond acceptors (Lipinski definition) is 6. The summed E-state index contributed by atoms with van der Waals surface area (Å²) in [7, 11) is 0. The van der Waals surface area contributed by atoms with Gasteiger partial charge in [-0.2, -0.15) is 0 Å². The summed E-state index contributed by atoms with van der Waals surface area (Å²) >= 11 is 0. The highest BCUT2D eigenvalue weighted by Gasteiger charge is 2.39. The topological polar surface area (TPSA) is 146 Å². The summed E-state index contributed by atoms with van der Waals surface area (Å²) in [6.45, 7) is 9.79. The number of aryl methyl sites for hydroxylation is 1. The van der Waals surface area contributed by atoms with Crippen molar-refractivity contribution in [3.05, 3.63) is 53.4 Å². The van der Waals surface area contributed by atoms with Crippen molar-refractivity contribution in [2.24, 2.45) is 11.7 Å². The Morgan fingerprint density at radius 2 is 1.83 bits per heavy atom. The summed E-state index contributed by atoms with van der Waals surface area (Å²) in [5.41, 5.74) is 7.75. The van der Waals surface area contributed by atoms with E-state index in [0.29, 0.717) is 19.5 Å². The second kappa shape index (κ2) is 11.4. The highest BCUT2D eigenvalue weighted by molar-refractivity contribution is 5.97. The van der Waals surface area contributed by atoms with Crippen molar-refractivity contribution < 1.29 is 23.9 Å². The van der Waals surface area contributed by atoms with Crippen LogP contribution in [0.3, 0.4) is 0 Å². The van der Waals surface area contributed by atoms with E-state index in [1.807, 2.05) is 58.2 Å². The zero-order valence-electron chi connectivity index (χ0n) is 21.4. The van der Waals surface area contributed by atoms with Gasteiger partial charge in [0.2, 0.25) is 11.8 Å². The number of carboxylic acids is 1. The standard InChI is InChI=1S/C26H35N5O5/c1-6-30(7-2)26(35)31(24(32)19(27)12-15(3)4)21(23-29-22(25(33)34)16(5)36-23)13-17-14-28-20-11-9-8-10-18(17)20/h8-11,14-15,19,21,28H,6-7,12-13,27H2,1-5H3,(H,33,34)/t19-,21+/m0/s1. The molecule has 1 aromatic carbocycles. The quantitative estimate of drug-likeness (QED) is 0.382. The van der Waals surface area contributed by atoms with Crippen molar-refractivity contribution in [1.29, 1.82) is 0 Å².